The maximum Gasteiger partial charge on any atom is 0.0887 e. The third kappa shape index (κ3) is 2.69. The first kappa shape index (κ1) is 16.7. The maximum absolute atomic E-state index is 4.53. The van der Waals surface area contributed by atoms with Gasteiger partial charge in [-0.15, -0.1) is 0 Å². The van der Waals surface area contributed by atoms with Crippen molar-refractivity contribution in [1.82, 2.24) is 9.97 Å². The van der Waals surface area contributed by atoms with E-state index in [2.05, 4.69) is 76.4 Å². The normalized spacial score (nSPS) is 11.1. The van der Waals surface area contributed by atoms with Gasteiger partial charge in [0.15, 0.2) is 0 Å². The summed E-state index contributed by atoms with van der Waals surface area (Å²) in [7, 11) is 0. The minimum absolute atomic E-state index is 0.851. The van der Waals surface area contributed by atoms with E-state index in [1.54, 1.807) is 6.20 Å². The first-order valence-electron chi connectivity index (χ1n) is 9.93. The van der Waals surface area contributed by atoms with Gasteiger partial charge in [-0.3, -0.25) is 9.97 Å². The fourth-order valence-electron chi connectivity index (χ4n) is 4.12. The van der Waals surface area contributed by atoms with Gasteiger partial charge in [0.2, 0.25) is 0 Å². The van der Waals surface area contributed by atoms with Gasteiger partial charge in [-0.25, -0.2) is 0 Å². The van der Waals surface area contributed by atoms with Crippen LogP contribution in [0.5, 0.6) is 0 Å². The molecule has 4 aromatic carbocycles. The number of pyridine rings is 2. The SMILES string of the molecule is C(#Cc1ccc2ccc3cccc4ccc1c2c34)c1ccc(-c2ccccn2)nc1. The van der Waals surface area contributed by atoms with E-state index in [4.69, 9.17) is 0 Å². The highest BCUT2D eigenvalue weighted by Crippen LogP contribution is 2.35. The molecule has 0 fully saturated rings. The van der Waals surface area contributed by atoms with Crippen molar-refractivity contribution in [3.05, 3.63) is 108 Å². The van der Waals surface area contributed by atoms with Gasteiger partial charge in [0.05, 0.1) is 11.4 Å². The van der Waals surface area contributed by atoms with Gasteiger partial charge in [0.1, 0.15) is 0 Å². The molecule has 6 aromatic rings. The molecule has 6 rings (SSSR count). The zero-order chi connectivity index (χ0) is 19.9. The van der Waals surface area contributed by atoms with Crippen molar-refractivity contribution in [1.29, 1.82) is 0 Å². The van der Waals surface area contributed by atoms with E-state index in [9.17, 15) is 0 Å². The second kappa shape index (κ2) is 6.69. The highest BCUT2D eigenvalue weighted by Gasteiger charge is 2.09. The van der Waals surface area contributed by atoms with Gasteiger partial charge >= 0.3 is 0 Å². The molecular weight excluding hydrogens is 364 g/mol. The summed E-state index contributed by atoms with van der Waals surface area (Å²) in [5.41, 5.74) is 3.64. The number of nitrogens with zero attached hydrogens (tertiary/aromatic N) is 2. The Morgan fingerprint density at radius 2 is 1.30 bits per heavy atom. The highest BCUT2D eigenvalue weighted by molar-refractivity contribution is 6.23. The van der Waals surface area contributed by atoms with Crippen LogP contribution in [0.15, 0.2) is 97.3 Å². The second-order valence-corrected chi connectivity index (χ2v) is 7.37. The van der Waals surface area contributed by atoms with Gasteiger partial charge in [-0.1, -0.05) is 66.4 Å². The van der Waals surface area contributed by atoms with Crippen LogP contribution in [0, 0.1) is 11.8 Å². The molecule has 0 amide bonds. The number of hydrogen-bond acceptors (Lipinski definition) is 2. The van der Waals surface area contributed by atoms with Crippen LogP contribution in [0.3, 0.4) is 0 Å². The van der Waals surface area contributed by atoms with E-state index in [0.29, 0.717) is 0 Å². The molecule has 0 unspecified atom stereocenters. The largest absolute Gasteiger partial charge is 0.255 e. The van der Waals surface area contributed by atoms with Crippen molar-refractivity contribution in [3.8, 4) is 23.2 Å². The summed E-state index contributed by atoms with van der Waals surface area (Å²) in [6.07, 6.45) is 3.59. The lowest BCUT2D eigenvalue weighted by atomic mass is 9.92. The lowest BCUT2D eigenvalue weighted by molar-refractivity contribution is 1.24. The van der Waals surface area contributed by atoms with E-state index in [-0.39, 0.29) is 0 Å². The third-order valence-corrected chi connectivity index (χ3v) is 5.56. The van der Waals surface area contributed by atoms with E-state index in [1.807, 2.05) is 36.5 Å². The maximum atomic E-state index is 4.53. The molecule has 2 heterocycles. The Morgan fingerprint density at radius 3 is 2.07 bits per heavy atom. The molecule has 138 valence electrons. The van der Waals surface area contributed by atoms with Crippen LogP contribution >= 0.6 is 0 Å². The summed E-state index contributed by atoms with van der Waals surface area (Å²) in [6, 6.07) is 29.3. The van der Waals surface area contributed by atoms with Crippen LogP contribution < -0.4 is 0 Å². The zero-order valence-corrected chi connectivity index (χ0v) is 16.1. The number of hydrogen-bond donors (Lipinski definition) is 0. The molecule has 0 spiro atoms. The summed E-state index contributed by atoms with van der Waals surface area (Å²) in [4.78, 5) is 8.87. The smallest absolute Gasteiger partial charge is 0.0887 e. The molecule has 0 saturated heterocycles. The lowest BCUT2D eigenvalue weighted by Crippen LogP contribution is -1.88. The van der Waals surface area contributed by atoms with Crippen molar-refractivity contribution >= 4 is 32.3 Å². The minimum atomic E-state index is 0.851. The summed E-state index contributed by atoms with van der Waals surface area (Å²) in [5.74, 6) is 6.65. The predicted octanol–water partition coefficient (Wildman–Crippen LogP) is 6.44. The quantitative estimate of drug-likeness (QED) is 0.242. The Hall–Kier alpha value is -4.22. The molecule has 0 saturated carbocycles. The number of benzene rings is 4. The third-order valence-electron chi connectivity index (χ3n) is 5.56. The van der Waals surface area contributed by atoms with Gasteiger partial charge in [-0.05, 0) is 62.6 Å². The van der Waals surface area contributed by atoms with E-state index in [0.717, 1.165) is 22.5 Å². The van der Waals surface area contributed by atoms with E-state index < -0.39 is 0 Å². The fraction of sp³-hybridized carbons (Fsp3) is 0. The Balaban J connectivity index is 1.45. The molecule has 0 aliphatic heterocycles. The van der Waals surface area contributed by atoms with Crippen molar-refractivity contribution in [2.75, 3.05) is 0 Å². The number of aromatic nitrogens is 2. The van der Waals surface area contributed by atoms with Crippen LogP contribution in [-0.4, -0.2) is 9.97 Å². The van der Waals surface area contributed by atoms with Crippen molar-refractivity contribution in [2.45, 2.75) is 0 Å². The van der Waals surface area contributed by atoms with E-state index in [1.165, 1.54) is 32.3 Å². The average Bonchev–Trinajstić information content (AvgIpc) is 2.82. The summed E-state index contributed by atoms with van der Waals surface area (Å²) in [5, 5.41) is 7.59. The summed E-state index contributed by atoms with van der Waals surface area (Å²) >= 11 is 0. The van der Waals surface area contributed by atoms with Gasteiger partial charge < -0.3 is 0 Å². The summed E-state index contributed by atoms with van der Waals surface area (Å²) < 4.78 is 0. The minimum Gasteiger partial charge on any atom is -0.255 e. The molecule has 2 nitrogen and oxygen atoms in total. The topological polar surface area (TPSA) is 25.8 Å². The average molecular weight is 380 g/mol. The molecule has 0 aliphatic rings. The molecule has 0 bridgehead atoms. The van der Waals surface area contributed by atoms with Crippen molar-refractivity contribution in [2.24, 2.45) is 0 Å². The lowest BCUT2D eigenvalue weighted by Gasteiger charge is -2.11. The van der Waals surface area contributed by atoms with Crippen LogP contribution in [-0.2, 0) is 0 Å². The van der Waals surface area contributed by atoms with Crippen LogP contribution in [0.4, 0.5) is 0 Å². The van der Waals surface area contributed by atoms with Crippen molar-refractivity contribution in [3.63, 3.8) is 0 Å². The van der Waals surface area contributed by atoms with Crippen LogP contribution in [0.2, 0.25) is 0 Å². The Morgan fingerprint density at radius 1 is 0.533 bits per heavy atom. The molecule has 30 heavy (non-hydrogen) atoms. The number of rotatable bonds is 1. The first-order chi connectivity index (χ1) is 14.9. The fourth-order valence-corrected chi connectivity index (χ4v) is 4.12. The predicted molar refractivity (Wildman–Crippen MR) is 124 cm³/mol. The van der Waals surface area contributed by atoms with Crippen molar-refractivity contribution < 1.29 is 0 Å². The Labute approximate surface area is 174 Å². The zero-order valence-electron chi connectivity index (χ0n) is 16.1. The molecule has 2 aromatic heterocycles. The monoisotopic (exact) mass is 380 g/mol. The summed E-state index contributed by atoms with van der Waals surface area (Å²) in [6.45, 7) is 0. The molecular formula is C28H16N2. The molecule has 0 N–H and O–H groups in total. The molecule has 0 atom stereocenters. The molecule has 0 radical (unpaired) electrons. The Kier molecular flexibility index (Phi) is 3.72. The Bertz CT molecular complexity index is 1550. The molecule has 2 heteroatoms. The second-order valence-electron chi connectivity index (χ2n) is 7.37. The van der Waals surface area contributed by atoms with Gasteiger partial charge in [-0.2, -0.15) is 0 Å². The standard InChI is InChI=1S/C28H16N2/c1-2-17-29-25(6-1)26-16-8-19(18-30-26)7-9-20-10-11-23-13-12-21-4-3-5-22-14-15-24(20)28(23)27(21)22/h1-6,8,10-18H. The van der Waals surface area contributed by atoms with E-state index >= 15 is 0 Å². The first-order valence-corrected chi connectivity index (χ1v) is 9.93. The van der Waals surface area contributed by atoms with Crippen LogP contribution in [0.25, 0.3) is 43.7 Å². The highest BCUT2D eigenvalue weighted by atomic mass is 14.8. The molecule has 0 aliphatic carbocycles. The van der Waals surface area contributed by atoms with Gasteiger partial charge in [0.25, 0.3) is 0 Å². The van der Waals surface area contributed by atoms with Crippen LogP contribution in [0.1, 0.15) is 11.1 Å². The van der Waals surface area contributed by atoms with Gasteiger partial charge in [0, 0.05) is 23.5 Å².